The summed E-state index contributed by atoms with van der Waals surface area (Å²) in [6, 6.07) is 16.9. The number of aromatic nitrogens is 2. The zero-order valence-corrected chi connectivity index (χ0v) is 16.8. The number of rotatable bonds is 8. The summed E-state index contributed by atoms with van der Waals surface area (Å²) in [5.74, 6) is 1.32. The third-order valence-electron chi connectivity index (χ3n) is 4.40. The van der Waals surface area contributed by atoms with Crippen molar-refractivity contribution in [1.29, 1.82) is 0 Å². The van der Waals surface area contributed by atoms with Crippen molar-refractivity contribution in [1.82, 2.24) is 9.97 Å². The summed E-state index contributed by atoms with van der Waals surface area (Å²) in [6.45, 7) is 3.41. The van der Waals surface area contributed by atoms with E-state index in [-0.39, 0.29) is 11.6 Å². The van der Waals surface area contributed by atoms with Crippen LogP contribution in [-0.4, -0.2) is 36.6 Å². The molecule has 3 rings (SSSR count). The second kappa shape index (κ2) is 9.54. The van der Waals surface area contributed by atoms with Gasteiger partial charge in [-0.2, -0.15) is 0 Å². The minimum atomic E-state index is -0.323. The lowest BCUT2D eigenvalue weighted by atomic mass is 10.2. The standard InChI is InChI=1S/C22H24N4O3/c1-4-26(15-16-8-6-5-7-9-16)22-23-13-12-18(25-22)21(27)24-17-10-11-19(28-2)20(14-17)29-3/h5-14H,4,15H2,1-3H3,(H,24,27). The van der Waals surface area contributed by atoms with Crippen LogP contribution in [0.1, 0.15) is 23.0 Å². The maximum Gasteiger partial charge on any atom is 0.274 e. The molecule has 0 unspecified atom stereocenters. The van der Waals surface area contributed by atoms with Crippen molar-refractivity contribution in [2.75, 3.05) is 31.0 Å². The van der Waals surface area contributed by atoms with Gasteiger partial charge in [-0.1, -0.05) is 30.3 Å². The number of carbonyl (C=O) groups is 1. The van der Waals surface area contributed by atoms with Crippen LogP contribution < -0.4 is 19.7 Å². The SMILES string of the molecule is CCN(Cc1ccccc1)c1nccc(C(=O)Nc2ccc(OC)c(OC)c2)n1. The van der Waals surface area contributed by atoms with Crippen LogP contribution in [0.2, 0.25) is 0 Å². The quantitative estimate of drug-likeness (QED) is 0.629. The fourth-order valence-electron chi connectivity index (χ4n) is 2.86. The van der Waals surface area contributed by atoms with Crippen LogP contribution in [0, 0.1) is 0 Å². The highest BCUT2D eigenvalue weighted by Gasteiger charge is 2.14. The molecule has 0 aliphatic heterocycles. The highest BCUT2D eigenvalue weighted by atomic mass is 16.5. The van der Waals surface area contributed by atoms with E-state index in [4.69, 9.17) is 9.47 Å². The zero-order chi connectivity index (χ0) is 20.6. The van der Waals surface area contributed by atoms with Gasteiger partial charge in [0, 0.05) is 31.0 Å². The molecule has 1 heterocycles. The number of anilines is 2. The molecule has 0 atom stereocenters. The fraction of sp³-hybridized carbons (Fsp3) is 0.227. The molecular formula is C22H24N4O3. The summed E-state index contributed by atoms with van der Waals surface area (Å²) in [4.78, 5) is 23.5. The zero-order valence-electron chi connectivity index (χ0n) is 16.8. The maximum absolute atomic E-state index is 12.7. The Labute approximate surface area is 170 Å². The minimum absolute atomic E-state index is 0.288. The number of ether oxygens (including phenoxy) is 2. The van der Waals surface area contributed by atoms with Crippen LogP contribution in [0.4, 0.5) is 11.6 Å². The van der Waals surface area contributed by atoms with Gasteiger partial charge in [0.2, 0.25) is 5.95 Å². The summed E-state index contributed by atoms with van der Waals surface area (Å²) < 4.78 is 10.5. The second-order valence-electron chi connectivity index (χ2n) is 6.27. The van der Waals surface area contributed by atoms with Crippen LogP contribution in [0.15, 0.2) is 60.8 Å². The average Bonchev–Trinajstić information content (AvgIpc) is 2.78. The summed E-state index contributed by atoms with van der Waals surface area (Å²) in [6.07, 6.45) is 1.60. The summed E-state index contributed by atoms with van der Waals surface area (Å²) in [7, 11) is 3.11. The first-order chi connectivity index (χ1) is 14.1. The molecule has 2 aromatic carbocycles. The molecule has 0 aliphatic rings. The van der Waals surface area contributed by atoms with Crippen molar-refractivity contribution in [3.05, 3.63) is 72.1 Å². The van der Waals surface area contributed by atoms with Crippen molar-refractivity contribution in [2.45, 2.75) is 13.5 Å². The Bertz CT molecular complexity index is 963. The van der Waals surface area contributed by atoms with E-state index in [0.717, 1.165) is 12.1 Å². The highest BCUT2D eigenvalue weighted by Crippen LogP contribution is 2.29. The summed E-state index contributed by atoms with van der Waals surface area (Å²) >= 11 is 0. The first-order valence-corrected chi connectivity index (χ1v) is 9.30. The predicted octanol–water partition coefficient (Wildman–Crippen LogP) is 3.77. The van der Waals surface area contributed by atoms with Gasteiger partial charge in [-0.3, -0.25) is 4.79 Å². The lowest BCUT2D eigenvalue weighted by Crippen LogP contribution is -2.25. The molecular weight excluding hydrogens is 368 g/mol. The Hall–Kier alpha value is -3.61. The van der Waals surface area contributed by atoms with Gasteiger partial charge in [0.25, 0.3) is 5.91 Å². The summed E-state index contributed by atoms with van der Waals surface area (Å²) in [5, 5.41) is 2.83. The molecule has 7 heteroatoms. The van der Waals surface area contributed by atoms with Gasteiger partial charge < -0.3 is 19.7 Å². The van der Waals surface area contributed by atoms with E-state index in [9.17, 15) is 4.79 Å². The van der Waals surface area contributed by atoms with E-state index < -0.39 is 0 Å². The molecule has 1 N–H and O–H groups in total. The number of nitrogens with one attached hydrogen (secondary N) is 1. The van der Waals surface area contributed by atoms with Gasteiger partial charge in [0.1, 0.15) is 5.69 Å². The van der Waals surface area contributed by atoms with E-state index in [1.165, 1.54) is 0 Å². The number of hydrogen-bond donors (Lipinski definition) is 1. The van der Waals surface area contributed by atoms with E-state index in [1.54, 1.807) is 44.7 Å². The minimum Gasteiger partial charge on any atom is -0.493 e. The number of hydrogen-bond acceptors (Lipinski definition) is 6. The molecule has 150 valence electrons. The highest BCUT2D eigenvalue weighted by molar-refractivity contribution is 6.03. The normalized spacial score (nSPS) is 10.3. The van der Waals surface area contributed by atoms with Gasteiger partial charge in [-0.15, -0.1) is 0 Å². The van der Waals surface area contributed by atoms with Gasteiger partial charge in [-0.25, -0.2) is 9.97 Å². The van der Waals surface area contributed by atoms with E-state index in [2.05, 4.69) is 27.4 Å². The smallest absolute Gasteiger partial charge is 0.274 e. The van der Waals surface area contributed by atoms with E-state index in [0.29, 0.717) is 29.7 Å². The Morgan fingerprint density at radius 3 is 2.48 bits per heavy atom. The Morgan fingerprint density at radius 1 is 1.03 bits per heavy atom. The first kappa shape index (κ1) is 20.1. The van der Waals surface area contributed by atoms with Gasteiger partial charge in [0.15, 0.2) is 11.5 Å². The number of amides is 1. The summed E-state index contributed by atoms with van der Waals surface area (Å²) in [5.41, 5.74) is 2.03. The predicted molar refractivity (Wildman–Crippen MR) is 113 cm³/mol. The molecule has 1 amide bonds. The second-order valence-corrected chi connectivity index (χ2v) is 6.27. The molecule has 0 radical (unpaired) electrons. The van der Waals surface area contributed by atoms with Crippen LogP contribution >= 0.6 is 0 Å². The molecule has 0 saturated heterocycles. The van der Waals surface area contributed by atoms with Gasteiger partial charge >= 0.3 is 0 Å². The van der Waals surface area contributed by atoms with Crippen molar-refractivity contribution in [2.24, 2.45) is 0 Å². The first-order valence-electron chi connectivity index (χ1n) is 9.30. The van der Waals surface area contributed by atoms with Crippen LogP contribution in [0.3, 0.4) is 0 Å². The Kier molecular flexibility index (Phi) is 6.63. The van der Waals surface area contributed by atoms with Crippen molar-refractivity contribution in [3.8, 4) is 11.5 Å². The van der Waals surface area contributed by atoms with Crippen molar-refractivity contribution >= 4 is 17.5 Å². The van der Waals surface area contributed by atoms with Crippen molar-refractivity contribution < 1.29 is 14.3 Å². The lowest BCUT2D eigenvalue weighted by Gasteiger charge is -2.21. The van der Waals surface area contributed by atoms with E-state index in [1.807, 2.05) is 30.0 Å². The largest absolute Gasteiger partial charge is 0.493 e. The number of methoxy groups -OCH3 is 2. The molecule has 0 aliphatic carbocycles. The fourth-order valence-corrected chi connectivity index (χ4v) is 2.86. The Morgan fingerprint density at radius 2 is 1.79 bits per heavy atom. The number of nitrogens with zero attached hydrogens (tertiary/aromatic N) is 3. The van der Waals surface area contributed by atoms with Crippen LogP contribution in [-0.2, 0) is 6.54 Å². The Balaban J connectivity index is 1.76. The molecule has 0 bridgehead atoms. The third kappa shape index (κ3) is 5.01. The molecule has 29 heavy (non-hydrogen) atoms. The molecule has 1 aromatic heterocycles. The van der Waals surface area contributed by atoms with Gasteiger partial charge in [0.05, 0.1) is 14.2 Å². The molecule has 0 fully saturated rings. The molecule has 7 nitrogen and oxygen atoms in total. The van der Waals surface area contributed by atoms with Crippen molar-refractivity contribution in [3.63, 3.8) is 0 Å². The molecule has 0 spiro atoms. The number of carbonyl (C=O) groups excluding carboxylic acids is 1. The van der Waals surface area contributed by atoms with Crippen LogP contribution in [0.25, 0.3) is 0 Å². The van der Waals surface area contributed by atoms with E-state index >= 15 is 0 Å². The van der Waals surface area contributed by atoms with Gasteiger partial charge in [-0.05, 0) is 30.7 Å². The molecule has 3 aromatic rings. The third-order valence-corrected chi connectivity index (χ3v) is 4.40. The van der Waals surface area contributed by atoms with Crippen LogP contribution in [0.5, 0.6) is 11.5 Å². The average molecular weight is 392 g/mol. The lowest BCUT2D eigenvalue weighted by molar-refractivity contribution is 0.102. The molecule has 0 saturated carbocycles. The monoisotopic (exact) mass is 392 g/mol. The number of benzene rings is 2. The maximum atomic E-state index is 12.7. The topological polar surface area (TPSA) is 76.6 Å².